The van der Waals surface area contributed by atoms with E-state index in [1.54, 1.807) is 0 Å². The van der Waals surface area contributed by atoms with Crippen LogP contribution in [0.15, 0.2) is 176 Å². The van der Waals surface area contributed by atoms with Crippen LogP contribution in [0.1, 0.15) is 25.0 Å². The number of fused-ring (bicyclic) bond motifs is 5. The molecular weight excluding hydrogens is 579 g/mol. The maximum Gasteiger partial charge on any atom is 0.0503 e. The van der Waals surface area contributed by atoms with Crippen LogP contribution in [0.4, 0.5) is 17.1 Å². The van der Waals surface area contributed by atoms with Gasteiger partial charge in [0.2, 0.25) is 0 Å². The first-order valence-electron chi connectivity index (χ1n) is 16.8. The average Bonchev–Trinajstić information content (AvgIpc) is 3.15. The van der Waals surface area contributed by atoms with Crippen LogP contribution in [0.2, 0.25) is 0 Å². The van der Waals surface area contributed by atoms with Gasteiger partial charge in [-0.1, -0.05) is 153 Å². The number of hydrogen-bond donors (Lipinski definition) is 0. The molecule has 0 spiro atoms. The third-order valence-electron chi connectivity index (χ3n) is 10.2. The number of rotatable bonds is 4. The van der Waals surface area contributed by atoms with Crippen molar-refractivity contribution in [2.24, 2.45) is 0 Å². The minimum absolute atomic E-state index is 0.223. The molecule has 0 amide bonds. The Balaban J connectivity index is 1.22. The summed E-state index contributed by atoms with van der Waals surface area (Å²) in [6.07, 6.45) is 0. The van der Waals surface area contributed by atoms with Crippen molar-refractivity contribution in [2.75, 3.05) is 4.90 Å². The molecular formula is C47H35N. The van der Waals surface area contributed by atoms with Crippen molar-refractivity contribution < 1.29 is 0 Å². The molecule has 0 saturated carbocycles. The van der Waals surface area contributed by atoms with Crippen LogP contribution in [0.5, 0.6) is 0 Å². The minimum Gasteiger partial charge on any atom is -0.310 e. The number of nitrogens with zero attached hydrogens (tertiary/aromatic N) is 1. The quantitative estimate of drug-likeness (QED) is 0.179. The Labute approximate surface area is 282 Å². The van der Waals surface area contributed by atoms with E-state index in [9.17, 15) is 0 Å². The molecule has 48 heavy (non-hydrogen) atoms. The van der Waals surface area contributed by atoms with Crippen molar-refractivity contribution >= 4 is 38.6 Å². The lowest BCUT2D eigenvalue weighted by Gasteiger charge is -2.42. The van der Waals surface area contributed by atoms with Gasteiger partial charge in [-0.15, -0.1) is 0 Å². The van der Waals surface area contributed by atoms with Crippen LogP contribution < -0.4 is 4.90 Å². The van der Waals surface area contributed by atoms with Gasteiger partial charge in [0.05, 0.1) is 11.4 Å². The second-order valence-corrected chi connectivity index (χ2v) is 13.4. The lowest BCUT2D eigenvalue weighted by atomic mass is 9.72. The predicted molar refractivity (Wildman–Crippen MR) is 205 cm³/mol. The maximum absolute atomic E-state index is 2.47. The van der Waals surface area contributed by atoms with E-state index in [-0.39, 0.29) is 5.41 Å². The van der Waals surface area contributed by atoms with Crippen LogP contribution in [0, 0.1) is 0 Å². The Morgan fingerprint density at radius 1 is 0.354 bits per heavy atom. The largest absolute Gasteiger partial charge is 0.310 e. The van der Waals surface area contributed by atoms with Crippen LogP contribution in [-0.2, 0) is 5.41 Å². The molecule has 0 aliphatic carbocycles. The summed E-state index contributed by atoms with van der Waals surface area (Å²) in [4.78, 5) is 2.47. The standard InChI is InChI=1S/C47H35N/c1-47(2)43-30-37(33-13-7-4-8-14-33)23-27-45(43)48(40-25-26-42-39(29-40)22-21-36-15-9-10-16-41(36)42)46-28-24-38(31-44(46)47)35-19-17-34(18-20-35)32-11-5-3-6-12-32/h3-31H,1-2H3. The molecule has 1 heteroatoms. The zero-order valence-corrected chi connectivity index (χ0v) is 27.2. The number of benzene rings is 8. The van der Waals surface area contributed by atoms with Gasteiger partial charge >= 0.3 is 0 Å². The first-order valence-corrected chi connectivity index (χ1v) is 16.8. The molecule has 228 valence electrons. The topological polar surface area (TPSA) is 3.24 Å². The average molecular weight is 614 g/mol. The molecule has 1 aliphatic heterocycles. The van der Waals surface area contributed by atoms with Crippen molar-refractivity contribution in [3.63, 3.8) is 0 Å². The van der Waals surface area contributed by atoms with Crippen LogP contribution in [-0.4, -0.2) is 0 Å². The summed E-state index contributed by atoms with van der Waals surface area (Å²) in [5, 5.41) is 5.09. The summed E-state index contributed by atoms with van der Waals surface area (Å²) in [6.45, 7) is 4.76. The normalized spacial score (nSPS) is 13.3. The van der Waals surface area contributed by atoms with Crippen molar-refractivity contribution in [3.05, 3.63) is 187 Å². The van der Waals surface area contributed by atoms with E-state index in [0.717, 1.165) is 0 Å². The second-order valence-electron chi connectivity index (χ2n) is 13.4. The Bertz CT molecular complexity index is 2460. The van der Waals surface area contributed by atoms with Crippen molar-refractivity contribution in [3.8, 4) is 33.4 Å². The SMILES string of the molecule is CC1(C)c2cc(-c3ccccc3)ccc2N(c2ccc3c(ccc4ccccc43)c2)c2ccc(-c3ccc(-c4ccccc4)cc3)cc21. The van der Waals surface area contributed by atoms with E-state index in [1.165, 1.54) is 83.1 Å². The maximum atomic E-state index is 2.47. The smallest absolute Gasteiger partial charge is 0.0503 e. The van der Waals surface area contributed by atoms with E-state index >= 15 is 0 Å². The third-order valence-corrected chi connectivity index (χ3v) is 10.2. The zero-order valence-electron chi connectivity index (χ0n) is 27.2. The van der Waals surface area contributed by atoms with Gasteiger partial charge < -0.3 is 4.90 Å². The van der Waals surface area contributed by atoms with Gasteiger partial charge in [-0.2, -0.15) is 0 Å². The molecule has 9 rings (SSSR count). The summed E-state index contributed by atoms with van der Waals surface area (Å²) in [7, 11) is 0. The lowest BCUT2D eigenvalue weighted by Crippen LogP contribution is -2.30. The first kappa shape index (κ1) is 28.3. The molecule has 0 saturated heterocycles. The fraction of sp³-hybridized carbons (Fsp3) is 0.0638. The van der Waals surface area contributed by atoms with Crippen LogP contribution in [0.25, 0.3) is 54.9 Å². The van der Waals surface area contributed by atoms with Gasteiger partial charge in [0, 0.05) is 11.1 Å². The molecule has 0 unspecified atom stereocenters. The Hall–Kier alpha value is -5.92. The minimum atomic E-state index is -0.223. The predicted octanol–water partition coefficient (Wildman–Crippen LogP) is 13.1. The van der Waals surface area contributed by atoms with E-state index in [2.05, 4.69) is 195 Å². The molecule has 1 aliphatic rings. The molecule has 0 radical (unpaired) electrons. The van der Waals surface area contributed by atoms with Gasteiger partial charge in [0.15, 0.2) is 0 Å². The van der Waals surface area contributed by atoms with Crippen molar-refractivity contribution in [1.82, 2.24) is 0 Å². The van der Waals surface area contributed by atoms with Crippen molar-refractivity contribution in [2.45, 2.75) is 19.3 Å². The molecule has 0 aromatic heterocycles. The molecule has 8 aromatic carbocycles. The second kappa shape index (κ2) is 11.1. The fourth-order valence-corrected chi connectivity index (χ4v) is 7.63. The summed E-state index contributed by atoms with van der Waals surface area (Å²) in [6, 6.07) is 64.5. The lowest BCUT2D eigenvalue weighted by molar-refractivity contribution is 0.632. The van der Waals surface area contributed by atoms with Gasteiger partial charge in [-0.25, -0.2) is 0 Å². The molecule has 0 atom stereocenters. The van der Waals surface area contributed by atoms with E-state index < -0.39 is 0 Å². The highest BCUT2D eigenvalue weighted by atomic mass is 15.2. The van der Waals surface area contributed by atoms with Gasteiger partial charge in [0.1, 0.15) is 0 Å². The van der Waals surface area contributed by atoms with Gasteiger partial charge in [-0.05, 0) is 102 Å². The summed E-state index contributed by atoms with van der Waals surface area (Å²) in [5.74, 6) is 0. The van der Waals surface area contributed by atoms with Crippen molar-refractivity contribution in [1.29, 1.82) is 0 Å². The Kier molecular flexibility index (Phi) is 6.55. The number of hydrogen-bond acceptors (Lipinski definition) is 1. The summed E-state index contributed by atoms with van der Waals surface area (Å²) in [5.41, 5.74) is 13.4. The third kappa shape index (κ3) is 4.62. The zero-order chi connectivity index (χ0) is 32.2. The first-order chi connectivity index (χ1) is 23.5. The molecule has 1 nitrogen and oxygen atoms in total. The summed E-state index contributed by atoms with van der Waals surface area (Å²) < 4.78 is 0. The highest BCUT2D eigenvalue weighted by Gasteiger charge is 2.37. The van der Waals surface area contributed by atoms with E-state index in [4.69, 9.17) is 0 Å². The molecule has 0 bridgehead atoms. The highest BCUT2D eigenvalue weighted by molar-refractivity contribution is 6.08. The number of anilines is 3. The van der Waals surface area contributed by atoms with E-state index in [1.807, 2.05) is 0 Å². The Morgan fingerprint density at radius 3 is 1.44 bits per heavy atom. The Morgan fingerprint density at radius 2 is 0.812 bits per heavy atom. The molecule has 1 heterocycles. The molecule has 0 N–H and O–H groups in total. The summed E-state index contributed by atoms with van der Waals surface area (Å²) >= 11 is 0. The van der Waals surface area contributed by atoms with Gasteiger partial charge in [-0.3, -0.25) is 0 Å². The monoisotopic (exact) mass is 613 g/mol. The highest BCUT2D eigenvalue weighted by Crippen LogP contribution is 2.53. The van der Waals surface area contributed by atoms with Crippen LogP contribution >= 0.6 is 0 Å². The van der Waals surface area contributed by atoms with E-state index in [0.29, 0.717) is 0 Å². The van der Waals surface area contributed by atoms with Gasteiger partial charge in [0.25, 0.3) is 0 Å². The molecule has 0 fully saturated rings. The molecule has 8 aromatic rings. The fourth-order valence-electron chi connectivity index (χ4n) is 7.63. The van der Waals surface area contributed by atoms with Crippen LogP contribution in [0.3, 0.4) is 0 Å².